The summed E-state index contributed by atoms with van der Waals surface area (Å²) in [5.41, 5.74) is 0.185. The van der Waals surface area contributed by atoms with Gasteiger partial charge in [0, 0.05) is 24.0 Å². The lowest BCUT2D eigenvalue weighted by Gasteiger charge is -2.63. The second-order valence-electron chi connectivity index (χ2n) is 6.60. The third kappa shape index (κ3) is 1.45. The molecule has 5 unspecified atom stereocenters. The highest BCUT2D eigenvalue weighted by Crippen LogP contribution is 2.63. The van der Waals surface area contributed by atoms with Gasteiger partial charge in [-0.2, -0.15) is 0 Å². The Morgan fingerprint density at radius 1 is 1.26 bits per heavy atom. The predicted octanol–water partition coefficient (Wildman–Crippen LogP) is 0.781. The number of fused-ring (bicyclic) bond motifs is 2. The molecule has 0 aromatic rings. The number of ether oxygens (including phenoxy) is 1. The van der Waals surface area contributed by atoms with Gasteiger partial charge in [-0.25, -0.2) is 0 Å². The van der Waals surface area contributed by atoms with Gasteiger partial charge in [-0.05, 0) is 25.7 Å². The molecule has 1 heterocycles. The lowest BCUT2D eigenvalue weighted by atomic mass is 9.46. The van der Waals surface area contributed by atoms with E-state index in [0.717, 1.165) is 25.9 Å². The van der Waals surface area contributed by atoms with Gasteiger partial charge in [0.2, 0.25) is 5.91 Å². The first-order chi connectivity index (χ1) is 9.13. The average Bonchev–Trinajstić information content (AvgIpc) is 3.00. The fraction of sp³-hybridized carbons (Fsp3) is 0.857. The monoisotopic (exact) mass is 265 g/mol. The van der Waals surface area contributed by atoms with E-state index in [9.17, 15) is 9.59 Å². The third-order valence-corrected chi connectivity index (χ3v) is 5.78. The summed E-state index contributed by atoms with van der Waals surface area (Å²) in [4.78, 5) is 22.9. The van der Waals surface area contributed by atoms with E-state index in [1.54, 1.807) is 0 Å². The van der Waals surface area contributed by atoms with Gasteiger partial charge in [-0.3, -0.25) is 9.59 Å². The molecule has 0 radical (unpaired) electrons. The molecule has 0 aromatic carbocycles. The van der Waals surface area contributed by atoms with Crippen molar-refractivity contribution in [3.05, 3.63) is 0 Å². The van der Waals surface area contributed by atoms with Crippen LogP contribution in [0.5, 0.6) is 0 Å². The van der Waals surface area contributed by atoms with Crippen LogP contribution in [0.15, 0.2) is 0 Å². The Hall–Kier alpha value is -1.10. The molecule has 4 fully saturated rings. The van der Waals surface area contributed by atoms with E-state index in [1.807, 2.05) is 0 Å². The number of amides is 1. The van der Waals surface area contributed by atoms with Crippen LogP contribution in [0.3, 0.4) is 0 Å². The first-order valence-corrected chi connectivity index (χ1v) is 7.28. The van der Waals surface area contributed by atoms with Crippen molar-refractivity contribution in [2.45, 2.75) is 44.2 Å². The number of nitrogens with one attached hydrogen (secondary N) is 1. The Morgan fingerprint density at radius 2 is 2.05 bits per heavy atom. The van der Waals surface area contributed by atoms with E-state index in [1.165, 1.54) is 6.42 Å². The summed E-state index contributed by atoms with van der Waals surface area (Å²) < 4.78 is 5.81. The molecule has 1 amide bonds. The van der Waals surface area contributed by atoms with Crippen molar-refractivity contribution < 1.29 is 19.4 Å². The first-order valence-electron chi connectivity index (χ1n) is 7.28. The van der Waals surface area contributed by atoms with Crippen molar-refractivity contribution >= 4 is 11.9 Å². The molecule has 0 aromatic heterocycles. The minimum Gasteiger partial charge on any atom is -0.481 e. The number of carboxylic acid groups (broad SMARTS) is 1. The Balaban J connectivity index is 1.43. The van der Waals surface area contributed by atoms with Crippen LogP contribution in [0.2, 0.25) is 0 Å². The Labute approximate surface area is 111 Å². The maximum Gasteiger partial charge on any atom is 0.307 e. The molecule has 3 aliphatic carbocycles. The van der Waals surface area contributed by atoms with Crippen molar-refractivity contribution in [2.75, 3.05) is 6.61 Å². The van der Waals surface area contributed by atoms with Crippen molar-refractivity contribution in [3.8, 4) is 0 Å². The van der Waals surface area contributed by atoms with Crippen LogP contribution in [0.4, 0.5) is 0 Å². The van der Waals surface area contributed by atoms with Gasteiger partial charge in [-0.1, -0.05) is 6.42 Å². The maximum absolute atomic E-state index is 12.1. The van der Waals surface area contributed by atoms with Crippen LogP contribution in [0, 0.1) is 23.2 Å². The molecule has 1 saturated heterocycles. The van der Waals surface area contributed by atoms with Crippen molar-refractivity contribution in [1.29, 1.82) is 0 Å². The van der Waals surface area contributed by atoms with Gasteiger partial charge in [-0.15, -0.1) is 0 Å². The normalized spacial score (nSPS) is 44.9. The number of aliphatic carboxylic acids is 1. The van der Waals surface area contributed by atoms with Crippen LogP contribution < -0.4 is 5.32 Å². The van der Waals surface area contributed by atoms with E-state index in [-0.39, 0.29) is 23.3 Å². The molecule has 3 saturated carbocycles. The van der Waals surface area contributed by atoms with Crippen LogP contribution in [0.25, 0.3) is 0 Å². The quantitative estimate of drug-likeness (QED) is 0.790. The second-order valence-corrected chi connectivity index (χ2v) is 6.60. The van der Waals surface area contributed by atoms with Crippen LogP contribution >= 0.6 is 0 Å². The summed E-state index contributed by atoms with van der Waals surface area (Å²) in [7, 11) is 0. The molecule has 104 valence electrons. The molecule has 1 spiro atoms. The largest absolute Gasteiger partial charge is 0.481 e. The summed E-state index contributed by atoms with van der Waals surface area (Å²) in [6.45, 7) is 0.810. The fourth-order valence-electron chi connectivity index (χ4n) is 4.47. The van der Waals surface area contributed by atoms with Gasteiger partial charge in [0.1, 0.15) is 0 Å². The van der Waals surface area contributed by atoms with Gasteiger partial charge in [0.25, 0.3) is 0 Å². The fourth-order valence-corrected chi connectivity index (χ4v) is 4.47. The van der Waals surface area contributed by atoms with Crippen LogP contribution in [-0.2, 0) is 14.3 Å². The minimum atomic E-state index is -0.839. The summed E-state index contributed by atoms with van der Waals surface area (Å²) in [6, 6.07) is 0.233. The van der Waals surface area contributed by atoms with E-state index in [4.69, 9.17) is 9.84 Å². The lowest BCUT2D eigenvalue weighted by Crippen LogP contribution is -2.71. The van der Waals surface area contributed by atoms with Crippen molar-refractivity contribution in [2.24, 2.45) is 23.2 Å². The number of rotatable bonds is 3. The van der Waals surface area contributed by atoms with E-state index >= 15 is 0 Å². The number of carboxylic acids is 1. The Kier molecular flexibility index (Phi) is 2.29. The Bertz CT molecular complexity index is 445. The summed E-state index contributed by atoms with van der Waals surface area (Å²) in [5, 5.41) is 12.0. The molecule has 5 heteroatoms. The van der Waals surface area contributed by atoms with E-state index in [0.29, 0.717) is 18.4 Å². The van der Waals surface area contributed by atoms with Gasteiger partial charge < -0.3 is 15.2 Å². The predicted molar refractivity (Wildman–Crippen MR) is 65.3 cm³/mol. The zero-order chi connectivity index (χ0) is 13.2. The zero-order valence-corrected chi connectivity index (χ0v) is 10.8. The molecular formula is C14H19NO4. The molecular weight excluding hydrogens is 246 g/mol. The van der Waals surface area contributed by atoms with Crippen molar-refractivity contribution in [1.82, 2.24) is 5.32 Å². The topological polar surface area (TPSA) is 75.6 Å². The smallest absolute Gasteiger partial charge is 0.307 e. The molecule has 2 N–H and O–H groups in total. The highest BCUT2D eigenvalue weighted by Gasteiger charge is 2.67. The Morgan fingerprint density at radius 3 is 2.63 bits per heavy atom. The third-order valence-electron chi connectivity index (χ3n) is 5.78. The zero-order valence-electron chi connectivity index (χ0n) is 10.8. The van der Waals surface area contributed by atoms with E-state index < -0.39 is 11.9 Å². The SMILES string of the molecule is O=C(O)C1CC1C(=O)NC1C2CCOC2C12CCC2. The van der Waals surface area contributed by atoms with Crippen LogP contribution in [-0.4, -0.2) is 35.7 Å². The van der Waals surface area contributed by atoms with Gasteiger partial charge in [0.15, 0.2) is 0 Å². The standard InChI is InChI=1S/C14H19NO4/c16-12(8-6-9(8)13(17)18)15-10-7-2-5-19-11(7)14(10)3-1-4-14/h7-11H,1-6H2,(H,15,16)(H,17,18). The molecule has 0 bridgehead atoms. The maximum atomic E-state index is 12.1. The number of carbonyl (C=O) groups is 2. The molecule has 5 nitrogen and oxygen atoms in total. The number of carbonyl (C=O) groups excluding carboxylic acids is 1. The molecule has 4 rings (SSSR count). The number of hydrogen-bond donors (Lipinski definition) is 2. The minimum absolute atomic E-state index is 0.0472. The molecule has 5 atom stereocenters. The molecule has 19 heavy (non-hydrogen) atoms. The lowest BCUT2D eigenvalue weighted by molar-refractivity contribution is -0.179. The number of hydrogen-bond acceptors (Lipinski definition) is 3. The van der Waals surface area contributed by atoms with Crippen molar-refractivity contribution in [3.63, 3.8) is 0 Å². The summed E-state index contributed by atoms with van der Waals surface area (Å²) in [6.07, 6.45) is 5.40. The van der Waals surface area contributed by atoms with Gasteiger partial charge >= 0.3 is 5.97 Å². The summed E-state index contributed by atoms with van der Waals surface area (Å²) >= 11 is 0. The summed E-state index contributed by atoms with van der Waals surface area (Å²) in [5.74, 6) is -1.17. The highest BCUT2D eigenvalue weighted by atomic mass is 16.5. The van der Waals surface area contributed by atoms with Gasteiger partial charge in [0.05, 0.1) is 17.9 Å². The first kappa shape index (κ1) is 11.7. The van der Waals surface area contributed by atoms with Crippen LogP contribution in [0.1, 0.15) is 32.1 Å². The molecule has 4 aliphatic rings. The molecule has 1 aliphatic heterocycles. The highest BCUT2D eigenvalue weighted by molar-refractivity contribution is 5.89. The van der Waals surface area contributed by atoms with E-state index in [2.05, 4.69) is 5.32 Å². The average molecular weight is 265 g/mol. The second kappa shape index (κ2) is 3.72.